The topological polar surface area (TPSA) is 47.6 Å². The number of carbonyl (C=O) groups is 1. The fraction of sp³-hybridized carbons (Fsp3) is 0.0952. The number of hydrogen-bond donors (Lipinski definition) is 1. The molecule has 0 aliphatic carbocycles. The van der Waals surface area contributed by atoms with Crippen LogP contribution in [0, 0.1) is 0 Å². The van der Waals surface area contributed by atoms with Gasteiger partial charge in [-0.05, 0) is 36.4 Å². The Kier molecular flexibility index (Phi) is 5.67. The van der Waals surface area contributed by atoms with Gasteiger partial charge in [0.1, 0.15) is 23.9 Å². The van der Waals surface area contributed by atoms with Gasteiger partial charge in [0.05, 0.1) is 12.1 Å². The SMILES string of the molecule is O=C(NCCOc1ccccc1)c1ccccc1Oc1ccccc1. The molecule has 0 atom stereocenters. The van der Waals surface area contributed by atoms with Crippen LogP contribution in [0.1, 0.15) is 10.4 Å². The van der Waals surface area contributed by atoms with E-state index in [1.165, 1.54) is 0 Å². The van der Waals surface area contributed by atoms with Gasteiger partial charge in [0, 0.05) is 0 Å². The van der Waals surface area contributed by atoms with Gasteiger partial charge in [-0.15, -0.1) is 0 Å². The standard InChI is InChI=1S/C21H19NO3/c23-21(22-15-16-24-17-9-3-1-4-10-17)19-13-7-8-14-20(19)25-18-11-5-2-6-12-18/h1-14H,15-16H2,(H,22,23). The molecule has 0 aliphatic heterocycles. The monoisotopic (exact) mass is 333 g/mol. The van der Waals surface area contributed by atoms with Crippen LogP contribution in [-0.4, -0.2) is 19.1 Å². The highest BCUT2D eigenvalue weighted by molar-refractivity contribution is 5.97. The lowest BCUT2D eigenvalue weighted by molar-refractivity contribution is 0.0944. The van der Waals surface area contributed by atoms with Crippen LogP contribution in [0.3, 0.4) is 0 Å². The summed E-state index contributed by atoms with van der Waals surface area (Å²) in [5, 5.41) is 2.85. The van der Waals surface area contributed by atoms with Crippen LogP contribution >= 0.6 is 0 Å². The van der Waals surface area contributed by atoms with Crippen molar-refractivity contribution in [1.82, 2.24) is 5.32 Å². The molecule has 1 amide bonds. The lowest BCUT2D eigenvalue weighted by atomic mass is 10.2. The van der Waals surface area contributed by atoms with E-state index in [1.54, 1.807) is 12.1 Å². The third-order valence-corrected chi connectivity index (χ3v) is 3.50. The van der Waals surface area contributed by atoms with Crippen LogP contribution in [0.5, 0.6) is 17.2 Å². The number of amides is 1. The Morgan fingerprint density at radius 1 is 0.760 bits per heavy atom. The van der Waals surface area contributed by atoms with Gasteiger partial charge in [0.25, 0.3) is 5.91 Å². The predicted molar refractivity (Wildman–Crippen MR) is 97.2 cm³/mol. The third kappa shape index (κ3) is 4.85. The average Bonchev–Trinajstić information content (AvgIpc) is 2.67. The average molecular weight is 333 g/mol. The zero-order chi connectivity index (χ0) is 17.3. The molecular formula is C21H19NO3. The molecule has 0 aliphatic rings. The molecule has 4 nitrogen and oxygen atoms in total. The molecule has 0 aromatic heterocycles. The fourth-order valence-corrected chi connectivity index (χ4v) is 2.30. The van der Waals surface area contributed by atoms with Crippen molar-refractivity contribution in [2.45, 2.75) is 0 Å². The third-order valence-electron chi connectivity index (χ3n) is 3.50. The van der Waals surface area contributed by atoms with Crippen LogP contribution in [0.15, 0.2) is 84.9 Å². The first-order valence-electron chi connectivity index (χ1n) is 8.11. The van der Waals surface area contributed by atoms with E-state index in [0.717, 1.165) is 5.75 Å². The molecule has 25 heavy (non-hydrogen) atoms. The van der Waals surface area contributed by atoms with Crippen molar-refractivity contribution in [3.63, 3.8) is 0 Å². The van der Waals surface area contributed by atoms with E-state index in [-0.39, 0.29) is 5.91 Å². The van der Waals surface area contributed by atoms with Crippen molar-refractivity contribution in [3.05, 3.63) is 90.5 Å². The van der Waals surface area contributed by atoms with Crippen molar-refractivity contribution in [2.24, 2.45) is 0 Å². The van der Waals surface area contributed by atoms with Crippen LogP contribution in [-0.2, 0) is 0 Å². The van der Waals surface area contributed by atoms with E-state index in [9.17, 15) is 4.79 Å². The molecule has 0 bridgehead atoms. The van der Waals surface area contributed by atoms with E-state index >= 15 is 0 Å². The second-order valence-corrected chi connectivity index (χ2v) is 5.33. The van der Waals surface area contributed by atoms with E-state index in [4.69, 9.17) is 9.47 Å². The number of carbonyl (C=O) groups excluding carboxylic acids is 1. The van der Waals surface area contributed by atoms with Crippen molar-refractivity contribution < 1.29 is 14.3 Å². The molecule has 0 heterocycles. The first kappa shape index (κ1) is 16.6. The number of para-hydroxylation sites is 3. The normalized spacial score (nSPS) is 10.1. The summed E-state index contributed by atoms with van der Waals surface area (Å²) >= 11 is 0. The number of nitrogens with one attached hydrogen (secondary N) is 1. The van der Waals surface area contributed by atoms with Gasteiger partial charge in [-0.2, -0.15) is 0 Å². The van der Waals surface area contributed by atoms with Gasteiger partial charge in [0.15, 0.2) is 0 Å². The molecule has 3 rings (SSSR count). The molecule has 4 heteroatoms. The zero-order valence-corrected chi connectivity index (χ0v) is 13.7. The Morgan fingerprint density at radius 3 is 2.08 bits per heavy atom. The molecule has 126 valence electrons. The quantitative estimate of drug-likeness (QED) is 0.656. The summed E-state index contributed by atoms with van der Waals surface area (Å²) in [7, 11) is 0. The number of ether oxygens (including phenoxy) is 2. The summed E-state index contributed by atoms with van der Waals surface area (Å²) in [5.74, 6) is 1.80. The Morgan fingerprint density at radius 2 is 1.36 bits per heavy atom. The van der Waals surface area contributed by atoms with E-state index in [2.05, 4.69) is 5.32 Å². The maximum Gasteiger partial charge on any atom is 0.255 e. The Hall–Kier alpha value is -3.27. The van der Waals surface area contributed by atoms with Crippen LogP contribution < -0.4 is 14.8 Å². The van der Waals surface area contributed by atoms with Crippen molar-refractivity contribution in [1.29, 1.82) is 0 Å². The molecule has 1 N–H and O–H groups in total. The molecule has 0 saturated carbocycles. The minimum Gasteiger partial charge on any atom is -0.492 e. The highest BCUT2D eigenvalue weighted by Crippen LogP contribution is 2.24. The van der Waals surface area contributed by atoms with Gasteiger partial charge in [-0.25, -0.2) is 0 Å². The Balaban J connectivity index is 1.57. The molecule has 3 aromatic rings. The first-order chi connectivity index (χ1) is 12.3. The first-order valence-corrected chi connectivity index (χ1v) is 8.11. The van der Waals surface area contributed by atoms with Crippen LogP contribution in [0.4, 0.5) is 0 Å². The maximum atomic E-state index is 12.4. The minimum atomic E-state index is -0.191. The summed E-state index contributed by atoms with van der Waals surface area (Å²) in [6.07, 6.45) is 0. The summed E-state index contributed by atoms with van der Waals surface area (Å²) in [6, 6.07) is 26.1. The highest BCUT2D eigenvalue weighted by atomic mass is 16.5. The molecule has 0 radical (unpaired) electrons. The maximum absolute atomic E-state index is 12.4. The van der Waals surface area contributed by atoms with Crippen molar-refractivity contribution in [2.75, 3.05) is 13.2 Å². The molecule has 0 fully saturated rings. The van der Waals surface area contributed by atoms with Crippen molar-refractivity contribution in [3.8, 4) is 17.2 Å². The number of rotatable bonds is 7. The van der Waals surface area contributed by atoms with Gasteiger partial charge >= 0.3 is 0 Å². The summed E-state index contributed by atoms with van der Waals surface area (Å²) in [6.45, 7) is 0.810. The smallest absolute Gasteiger partial charge is 0.255 e. The largest absolute Gasteiger partial charge is 0.492 e. The molecular weight excluding hydrogens is 314 g/mol. The van der Waals surface area contributed by atoms with Gasteiger partial charge in [-0.1, -0.05) is 48.5 Å². The van der Waals surface area contributed by atoms with E-state index in [0.29, 0.717) is 30.2 Å². The molecule has 0 spiro atoms. The van der Waals surface area contributed by atoms with Crippen LogP contribution in [0.2, 0.25) is 0 Å². The van der Waals surface area contributed by atoms with Crippen molar-refractivity contribution >= 4 is 5.91 Å². The summed E-state index contributed by atoms with van der Waals surface area (Å²) < 4.78 is 11.4. The lowest BCUT2D eigenvalue weighted by Crippen LogP contribution is -2.28. The molecule has 3 aromatic carbocycles. The zero-order valence-electron chi connectivity index (χ0n) is 13.7. The van der Waals surface area contributed by atoms with Gasteiger partial charge in [-0.3, -0.25) is 4.79 Å². The lowest BCUT2D eigenvalue weighted by Gasteiger charge is -2.12. The second kappa shape index (κ2) is 8.55. The molecule has 0 saturated heterocycles. The minimum absolute atomic E-state index is 0.191. The van der Waals surface area contributed by atoms with Gasteiger partial charge < -0.3 is 14.8 Å². The van der Waals surface area contributed by atoms with Crippen LogP contribution in [0.25, 0.3) is 0 Å². The highest BCUT2D eigenvalue weighted by Gasteiger charge is 2.12. The second-order valence-electron chi connectivity index (χ2n) is 5.33. The summed E-state index contributed by atoms with van der Waals surface area (Å²) in [5.41, 5.74) is 0.492. The van der Waals surface area contributed by atoms with Gasteiger partial charge in [0.2, 0.25) is 0 Å². The molecule has 0 unspecified atom stereocenters. The number of benzene rings is 3. The predicted octanol–water partition coefficient (Wildman–Crippen LogP) is 4.29. The number of hydrogen-bond acceptors (Lipinski definition) is 3. The van der Waals surface area contributed by atoms with E-state index in [1.807, 2.05) is 72.8 Å². The Labute approximate surface area is 147 Å². The van der Waals surface area contributed by atoms with E-state index < -0.39 is 0 Å². The Bertz CT molecular complexity index is 804. The fourth-order valence-electron chi connectivity index (χ4n) is 2.30. The summed E-state index contributed by atoms with van der Waals surface area (Å²) in [4.78, 5) is 12.4.